The molecule has 0 heterocycles. The first-order chi connectivity index (χ1) is 28.5. The Balaban J connectivity index is -0.000000900. The van der Waals surface area contributed by atoms with Crippen molar-refractivity contribution >= 4 is 34.6 Å². The number of benzene rings is 4. The molecule has 0 aromatic heterocycles. The van der Waals surface area contributed by atoms with E-state index >= 15 is 0 Å². The monoisotopic (exact) mass is 813 g/mol. The predicted molar refractivity (Wildman–Crippen MR) is 255 cm³/mol. The zero-order valence-corrected chi connectivity index (χ0v) is 39.4. The van der Waals surface area contributed by atoms with E-state index in [4.69, 9.17) is 0 Å². The Morgan fingerprint density at radius 1 is 0.492 bits per heavy atom. The van der Waals surface area contributed by atoms with Crippen LogP contribution in [0.3, 0.4) is 0 Å². The highest BCUT2D eigenvalue weighted by atomic mass is 16.3. The van der Waals surface area contributed by atoms with E-state index in [1.807, 2.05) is 133 Å². The molecule has 4 N–H and O–H groups in total. The van der Waals surface area contributed by atoms with Gasteiger partial charge in [0.15, 0.2) is 11.4 Å². The second kappa shape index (κ2) is 38.9. The van der Waals surface area contributed by atoms with E-state index in [1.54, 1.807) is 60.7 Å². The predicted octanol–water partition coefficient (Wildman–Crippen LogP) is 16.6. The largest absolute Gasteiger partial charge is 0.510 e. The Bertz CT molecular complexity index is 1680. The molecule has 0 aliphatic rings. The van der Waals surface area contributed by atoms with Gasteiger partial charge in [-0.05, 0) is 98.5 Å². The van der Waals surface area contributed by atoms with Crippen LogP contribution in [-0.4, -0.2) is 22.0 Å². The first-order valence-electron chi connectivity index (χ1n) is 21.1. The number of amides is 2. The molecule has 0 spiro atoms. The minimum Gasteiger partial charge on any atom is -0.510 e. The van der Waals surface area contributed by atoms with E-state index in [9.17, 15) is 19.8 Å². The number of rotatable bonds is 9. The Labute approximate surface area is 357 Å². The standard InChI is InChI=1S/C34H32N6O4.C3H8.6C2H6/c1-21-19-25(15-17-29(21)37-39-31(23(3)41)33(43)35-27-11-7-5-8-12-27)26-16-18-30(22(2)20-26)38-40-32(24(4)42)34(44)36-28-13-9-6-10-14-28;1-3-2;6*1-2/h5-20,41-42H,1-4H3,(H,35,43)(H,36,44);3H2,1-2H3;6*1-2H3/b31-23+,32-24+,39-37?,40-38?;;;;;;;. The van der Waals surface area contributed by atoms with Crippen molar-refractivity contribution in [3.63, 3.8) is 0 Å². The van der Waals surface area contributed by atoms with Gasteiger partial charge in [-0.2, -0.15) is 0 Å². The highest BCUT2D eigenvalue weighted by molar-refractivity contribution is 6.04. The molecule has 2 amide bonds. The summed E-state index contributed by atoms with van der Waals surface area (Å²) < 4.78 is 0. The van der Waals surface area contributed by atoms with E-state index in [-0.39, 0.29) is 22.9 Å². The summed E-state index contributed by atoms with van der Waals surface area (Å²) in [5, 5.41) is 42.0. The number of hydrogen-bond acceptors (Lipinski definition) is 8. The molecular formula is C49H76N6O4. The minimum atomic E-state index is -0.574. The molecule has 59 heavy (non-hydrogen) atoms. The van der Waals surface area contributed by atoms with Gasteiger partial charge in [0.25, 0.3) is 11.8 Å². The van der Waals surface area contributed by atoms with Crippen molar-refractivity contribution in [3.05, 3.63) is 131 Å². The Morgan fingerprint density at radius 2 is 0.763 bits per heavy atom. The fourth-order valence-corrected chi connectivity index (χ4v) is 4.09. The van der Waals surface area contributed by atoms with Crippen molar-refractivity contribution in [3.8, 4) is 11.1 Å². The van der Waals surface area contributed by atoms with Crippen LogP contribution in [0.2, 0.25) is 0 Å². The molecule has 0 aliphatic heterocycles. The third kappa shape index (κ3) is 23.8. The first-order valence-corrected chi connectivity index (χ1v) is 21.1. The maximum absolute atomic E-state index is 12.7. The van der Waals surface area contributed by atoms with Crippen LogP contribution in [0.4, 0.5) is 22.7 Å². The van der Waals surface area contributed by atoms with Crippen LogP contribution in [-0.2, 0) is 9.59 Å². The molecule has 0 aliphatic carbocycles. The molecule has 0 radical (unpaired) electrons. The van der Waals surface area contributed by atoms with Crippen molar-refractivity contribution in [2.24, 2.45) is 20.5 Å². The summed E-state index contributed by atoms with van der Waals surface area (Å²) >= 11 is 0. The molecule has 0 bridgehead atoms. The van der Waals surface area contributed by atoms with Crippen molar-refractivity contribution in [1.29, 1.82) is 0 Å². The number of carbonyl (C=O) groups is 2. The number of nitrogens with one attached hydrogen (secondary N) is 2. The van der Waals surface area contributed by atoms with Crippen LogP contribution in [0.15, 0.2) is 140 Å². The van der Waals surface area contributed by atoms with Gasteiger partial charge in [-0.25, -0.2) is 0 Å². The maximum atomic E-state index is 12.7. The van der Waals surface area contributed by atoms with Gasteiger partial charge in [0, 0.05) is 11.4 Å². The number of nitrogens with zero attached hydrogens (tertiary/aromatic N) is 4. The van der Waals surface area contributed by atoms with Crippen LogP contribution in [0, 0.1) is 13.8 Å². The van der Waals surface area contributed by atoms with Crippen LogP contribution in [0.1, 0.15) is 128 Å². The summed E-state index contributed by atoms with van der Waals surface area (Å²) in [6.45, 7) is 34.8. The number of aryl methyl sites for hydroxylation is 2. The van der Waals surface area contributed by atoms with Gasteiger partial charge in [-0.3, -0.25) is 9.59 Å². The lowest BCUT2D eigenvalue weighted by molar-refractivity contribution is -0.113. The number of aliphatic hydroxyl groups is 2. The van der Waals surface area contributed by atoms with Gasteiger partial charge in [0.2, 0.25) is 0 Å². The number of para-hydroxylation sites is 2. The number of azo groups is 2. The number of aliphatic hydroxyl groups excluding tert-OH is 2. The fourth-order valence-electron chi connectivity index (χ4n) is 4.09. The van der Waals surface area contributed by atoms with E-state index in [2.05, 4.69) is 44.9 Å². The number of allylic oxidation sites excluding steroid dienone is 2. The highest BCUT2D eigenvalue weighted by Crippen LogP contribution is 2.31. The topological polar surface area (TPSA) is 148 Å². The average molecular weight is 813 g/mol. The molecule has 10 nitrogen and oxygen atoms in total. The van der Waals surface area contributed by atoms with Crippen molar-refractivity contribution in [1.82, 2.24) is 0 Å². The minimum absolute atomic E-state index is 0.190. The van der Waals surface area contributed by atoms with E-state index in [0.717, 1.165) is 22.3 Å². The van der Waals surface area contributed by atoms with Crippen molar-refractivity contribution in [2.45, 2.75) is 131 Å². The zero-order chi connectivity index (χ0) is 46.3. The van der Waals surface area contributed by atoms with Gasteiger partial charge >= 0.3 is 0 Å². The molecule has 0 saturated carbocycles. The van der Waals surface area contributed by atoms with E-state index < -0.39 is 11.8 Å². The normalized spacial score (nSPS) is 10.3. The fraction of sp³-hybridized carbons (Fsp3) is 0.388. The van der Waals surface area contributed by atoms with Crippen LogP contribution in [0.25, 0.3) is 11.1 Å². The van der Waals surface area contributed by atoms with Crippen molar-refractivity contribution in [2.75, 3.05) is 10.6 Å². The molecule has 4 rings (SSSR count). The molecule has 10 heteroatoms. The summed E-state index contributed by atoms with van der Waals surface area (Å²) in [5.41, 5.74) is 5.29. The summed E-state index contributed by atoms with van der Waals surface area (Å²) in [7, 11) is 0. The summed E-state index contributed by atoms with van der Waals surface area (Å²) in [4.78, 5) is 25.3. The van der Waals surface area contributed by atoms with Crippen LogP contribution in [0.5, 0.6) is 0 Å². The van der Waals surface area contributed by atoms with Gasteiger partial charge in [-0.1, -0.05) is 152 Å². The van der Waals surface area contributed by atoms with Gasteiger partial charge < -0.3 is 20.8 Å². The molecular weight excluding hydrogens is 737 g/mol. The molecule has 4 aromatic rings. The maximum Gasteiger partial charge on any atom is 0.279 e. The molecule has 0 unspecified atom stereocenters. The highest BCUT2D eigenvalue weighted by Gasteiger charge is 2.15. The molecule has 4 aromatic carbocycles. The molecule has 0 saturated heterocycles. The van der Waals surface area contributed by atoms with Gasteiger partial charge in [0.05, 0.1) is 11.4 Å². The quantitative estimate of drug-likeness (QED) is 0.0756. The Kier molecular flexibility index (Phi) is 39.5. The Morgan fingerprint density at radius 3 is 1.00 bits per heavy atom. The van der Waals surface area contributed by atoms with Crippen LogP contribution >= 0.6 is 0 Å². The third-order valence-corrected chi connectivity index (χ3v) is 6.42. The average Bonchev–Trinajstić information content (AvgIpc) is 3.27. The van der Waals surface area contributed by atoms with E-state index in [1.165, 1.54) is 20.3 Å². The second-order valence-electron chi connectivity index (χ2n) is 10.6. The molecule has 326 valence electrons. The third-order valence-electron chi connectivity index (χ3n) is 6.42. The smallest absolute Gasteiger partial charge is 0.279 e. The number of carbonyl (C=O) groups excluding carboxylic acids is 2. The van der Waals surface area contributed by atoms with Gasteiger partial charge in [-0.15, -0.1) is 20.5 Å². The Hall–Kier alpha value is -5.90. The lowest BCUT2D eigenvalue weighted by atomic mass is 10.0. The second-order valence-corrected chi connectivity index (χ2v) is 10.6. The first kappa shape index (κ1) is 59.8. The summed E-state index contributed by atoms with van der Waals surface area (Å²) in [5.74, 6) is -1.65. The lowest BCUT2D eigenvalue weighted by Gasteiger charge is -2.09. The van der Waals surface area contributed by atoms with Gasteiger partial charge in [0.1, 0.15) is 11.5 Å². The number of anilines is 2. The lowest BCUT2D eigenvalue weighted by Crippen LogP contribution is -2.14. The summed E-state index contributed by atoms with van der Waals surface area (Å²) in [6.07, 6.45) is 1.25. The molecule has 0 fully saturated rings. The van der Waals surface area contributed by atoms with Crippen molar-refractivity contribution < 1.29 is 19.8 Å². The van der Waals surface area contributed by atoms with Crippen LogP contribution < -0.4 is 10.6 Å². The zero-order valence-electron chi connectivity index (χ0n) is 39.4. The SMILES string of the molecule is C/C(O)=C(\N=Nc1ccc(-c2ccc(N=N/C(C(=O)Nc3ccccc3)=C(\C)O)c(C)c2)cc1C)C(=O)Nc1ccccc1.CC.CC.CC.CC.CC.CC.CCC. The summed E-state index contributed by atoms with van der Waals surface area (Å²) in [6, 6.07) is 28.9. The van der Waals surface area contributed by atoms with E-state index in [0.29, 0.717) is 22.7 Å². The molecule has 0 atom stereocenters. The number of hydrogen-bond donors (Lipinski definition) is 4.